The summed E-state index contributed by atoms with van der Waals surface area (Å²) in [6, 6.07) is 11.2. The first-order chi connectivity index (χ1) is 12.6. The van der Waals surface area contributed by atoms with Gasteiger partial charge in [0.25, 0.3) is 0 Å². The molecule has 1 saturated heterocycles. The number of carbonyl (C=O) groups excluding carboxylic acids is 2. The minimum absolute atomic E-state index is 0.106. The molecule has 2 aliphatic rings. The molecule has 134 valence electrons. The summed E-state index contributed by atoms with van der Waals surface area (Å²) in [5.74, 6) is 0.208. The van der Waals surface area contributed by atoms with Gasteiger partial charge in [0.05, 0.1) is 5.92 Å². The molecular weight excluding hydrogens is 339 g/mol. The average molecular weight is 356 g/mol. The van der Waals surface area contributed by atoms with Crippen LogP contribution in [-0.2, 0) is 16.1 Å². The first kappa shape index (κ1) is 16.4. The van der Waals surface area contributed by atoms with Crippen LogP contribution in [0.25, 0.3) is 0 Å². The van der Waals surface area contributed by atoms with Crippen molar-refractivity contribution in [3.63, 3.8) is 0 Å². The Bertz CT molecular complexity index is 853. The topological polar surface area (TPSA) is 67.9 Å². The predicted octanol–water partition coefficient (Wildman–Crippen LogP) is 2.22. The van der Waals surface area contributed by atoms with Crippen LogP contribution in [0.5, 0.6) is 11.5 Å². The number of benzene rings is 2. The van der Waals surface area contributed by atoms with Gasteiger partial charge in [-0.25, -0.2) is 4.39 Å². The van der Waals surface area contributed by atoms with E-state index < -0.39 is 5.92 Å². The molecule has 2 heterocycles. The third-order valence-corrected chi connectivity index (χ3v) is 4.54. The second kappa shape index (κ2) is 6.67. The van der Waals surface area contributed by atoms with Crippen LogP contribution >= 0.6 is 0 Å². The molecule has 0 aromatic heterocycles. The monoisotopic (exact) mass is 356 g/mol. The number of amides is 2. The Morgan fingerprint density at radius 3 is 2.73 bits per heavy atom. The molecule has 2 aromatic carbocycles. The van der Waals surface area contributed by atoms with Crippen molar-refractivity contribution in [1.82, 2.24) is 5.32 Å². The third-order valence-electron chi connectivity index (χ3n) is 4.54. The highest BCUT2D eigenvalue weighted by atomic mass is 19.1. The van der Waals surface area contributed by atoms with Gasteiger partial charge in [-0.3, -0.25) is 9.59 Å². The number of rotatable bonds is 4. The SMILES string of the molecule is O=C(NCc1ccc(F)cc1)C1CC(=O)N(c2ccc3c(c2)OCO3)C1. The lowest BCUT2D eigenvalue weighted by atomic mass is 10.1. The fourth-order valence-electron chi connectivity index (χ4n) is 3.12. The van der Waals surface area contributed by atoms with Crippen molar-refractivity contribution in [2.24, 2.45) is 5.92 Å². The van der Waals surface area contributed by atoms with Crippen molar-refractivity contribution in [2.75, 3.05) is 18.2 Å². The summed E-state index contributed by atoms with van der Waals surface area (Å²) in [4.78, 5) is 26.3. The summed E-state index contributed by atoms with van der Waals surface area (Å²) < 4.78 is 23.5. The minimum Gasteiger partial charge on any atom is -0.454 e. The van der Waals surface area contributed by atoms with Gasteiger partial charge < -0.3 is 19.7 Å². The van der Waals surface area contributed by atoms with Crippen molar-refractivity contribution in [3.05, 3.63) is 53.8 Å². The lowest BCUT2D eigenvalue weighted by Gasteiger charge is -2.17. The summed E-state index contributed by atoms with van der Waals surface area (Å²) in [6.07, 6.45) is 0.156. The second-order valence-electron chi connectivity index (χ2n) is 6.29. The van der Waals surface area contributed by atoms with E-state index in [0.717, 1.165) is 5.56 Å². The molecule has 2 amide bonds. The van der Waals surface area contributed by atoms with Crippen molar-refractivity contribution in [2.45, 2.75) is 13.0 Å². The van der Waals surface area contributed by atoms with Gasteiger partial charge in [-0.05, 0) is 29.8 Å². The molecule has 0 bridgehead atoms. The smallest absolute Gasteiger partial charge is 0.231 e. The molecule has 7 heteroatoms. The first-order valence-electron chi connectivity index (χ1n) is 8.32. The maximum Gasteiger partial charge on any atom is 0.231 e. The fourth-order valence-corrected chi connectivity index (χ4v) is 3.12. The Balaban J connectivity index is 1.39. The highest BCUT2D eigenvalue weighted by Crippen LogP contribution is 2.37. The van der Waals surface area contributed by atoms with Crippen LogP contribution in [0.3, 0.4) is 0 Å². The highest BCUT2D eigenvalue weighted by Gasteiger charge is 2.35. The highest BCUT2D eigenvalue weighted by molar-refractivity contribution is 6.00. The molecule has 2 aliphatic heterocycles. The largest absolute Gasteiger partial charge is 0.454 e. The van der Waals surface area contributed by atoms with Crippen molar-refractivity contribution in [1.29, 1.82) is 0 Å². The summed E-state index contributed by atoms with van der Waals surface area (Å²) in [5, 5.41) is 2.81. The Morgan fingerprint density at radius 2 is 1.92 bits per heavy atom. The molecule has 0 aliphatic carbocycles. The van der Waals surface area contributed by atoms with Crippen LogP contribution in [0.15, 0.2) is 42.5 Å². The normalized spacial score (nSPS) is 18.3. The van der Waals surface area contributed by atoms with Gasteiger partial charge in [-0.15, -0.1) is 0 Å². The van der Waals surface area contributed by atoms with Crippen LogP contribution in [0.4, 0.5) is 10.1 Å². The number of anilines is 1. The van der Waals surface area contributed by atoms with Crippen LogP contribution in [-0.4, -0.2) is 25.2 Å². The van der Waals surface area contributed by atoms with E-state index in [1.165, 1.54) is 12.1 Å². The first-order valence-corrected chi connectivity index (χ1v) is 8.32. The number of nitrogens with zero attached hydrogens (tertiary/aromatic N) is 1. The van der Waals surface area contributed by atoms with Gasteiger partial charge in [0.2, 0.25) is 18.6 Å². The molecule has 1 atom stereocenters. The molecule has 1 unspecified atom stereocenters. The molecule has 0 spiro atoms. The Morgan fingerprint density at radius 1 is 1.15 bits per heavy atom. The molecule has 4 rings (SSSR count). The van der Waals surface area contributed by atoms with E-state index in [9.17, 15) is 14.0 Å². The van der Waals surface area contributed by atoms with Gasteiger partial charge in [-0.1, -0.05) is 12.1 Å². The van der Waals surface area contributed by atoms with Gasteiger partial charge in [-0.2, -0.15) is 0 Å². The van der Waals surface area contributed by atoms with Crippen LogP contribution in [0.1, 0.15) is 12.0 Å². The number of fused-ring (bicyclic) bond motifs is 1. The van der Waals surface area contributed by atoms with Gasteiger partial charge in [0, 0.05) is 31.3 Å². The molecule has 0 radical (unpaired) electrons. The lowest BCUT2D eigenvalue weighted by Crippen LogP contribution is -2.32. The van der Waals surface area contributed by atoms with Gasteiger partial charge >= 0.3 is 0 Å². The average Bonchev–Trinajstić information content (AvgIpc) is 3.26. The number of ether oxygens (including phenoxy) is 2. The second-order valence-corrected chi connectivity index (χ2v) is 6.29. The third kappa shape index (κ3) is 3.20. The summed E-state index contributed by atoms with van der Waals surface area (Å²) in [7, 11) is 0. The standard InChI is InChI=1S/C19H17FN2O4/c20-14-3-1-12(2-4-14)9-21-19(24)13-7-18(23)22(10-13)15-5-6-16-17(8-15)26-11-25-16/h1-6,8,13H,7,9-11H2,(H,21,24). The Labute approximate surface area is 149 Å². The van der Waals surface area contributed by atoms with E-state index in [1.807, 2.05) is 0 Å². The van der Waals surface area contributed by atoms with Crippen LogP contribution in [0, 0.1) is 11.7 Å². The molecule has 0 saturated carbocycles. The Hall–Kier alpha value is -3.09. The fraction of sp³-hybridized carbons (Fsp3) is 0.263. The minimum atomic E-state index is -0.423. The van der Waals surface area contributed by atoms with Crippen molar-refractivity contribution in [3.8, 4) is 11.5 Å². The lowest BCUT2D eigenvalue weighted by molar-refractivity contribution is -0.126. The number of nitrogens with one attached hydrogen (secondary N) is 1. The zero-order valence-electron chi connectivity index (χ0n) is 13.9. The summed E-state index contributed by atoms with van der Waals surface area (Å²) in [5.41, 5.74) is 1.49. The van der Waals surface area contributed by atoms with Gasteiger partial charge in [0.15, 0.2) is 11.5 Å². The zero-order chi connectivity index (χ0) is 18.1. The van der Waals surface area contributed by atoms with Crippen molar-refractivity contribution >= 4 is 17.5 Å². The van der Waals surface area contributed by atoms with E-state index in [4.69, 9.17) is 9.47 Å². The number of halogens is 1. The number of carbonyl (C=O) groups is 2. The van der Waals surface area contributed by atoms with E-state index in [2.05, 4.69) is 5.32 Å². The Kier molecular flexibility index (Phi) is 4.20. The van der Waals surface area contributed by atoms with E-state index in [-0.39, 0.29) is 30.8 Å². The van der Waals surface area contributed by atoms with Crippen molar-refractivity contribution < 1.29 is 23.5 Å². The van der Waals surface area contributed by atoms with E-state index in [0.29, 0.717) is 30.3 Å². The molecule has 26 heavy (non-hydrogen) atoms. The molecule has 1 fully saturated rings. The molecular formula is C19H17FN2O4. The van der Waals surface area contributed by atoms with Gasteiger partial charge in [0.1, 0.15) is 5.82 Å². The maximum absolute atomic E-state index is 12.9. The number of hydrogen-bond donors (Lipinski definition) is 1. The maximum atomic E-state index is 12.9. The molecule has 1 N–H and O–H groups in total. The zero-order valence-corrected chi connectivity index (χ0v) is 13.9. The van der Waals surface area contributed by atoms with E-state index >= 15 is 0 Å². The number of hydrogen-bond acceptors (Lipinski definition) is 4. The molecule has 2 aromatic rings. The van der Waals surface area contributed by atoms with E-state index in [1.54, 1.807) is 35.2 Å². The van der Waals surface area contributed by atoms with Crippen LogP contribution in [0.2, 0.25) is 0 Å². The predicted molar refractivity (Wildman–Crippen MR) is 91.3 cm³/mol. The van der Waals surface area contributed by atoms with Crippen LogP contribution < -0.4 is 19.7 Å². The summed E-state index contributed by atoms with van der Waals surface area (Å²) >= 11 is 0. The summed E-state index contributed by atoms with van der Waals surface area (Å²) in [6.45, 7) is 0.780. The quantitative estimate of drug-likeness (QED) is 0.912. The molecule has 6 nitrogen and oxygen atoms in total.